The van der Waals surface area contributed by atoms with Crippen molar-refractivity contribution in [2.24, 2.45) is 11.3 Å². The van der Waals surface area contributed by atoms with Crippen LogP contribution in [0.15, 0.2) is 0 Å². The summed E-state index contributed by atoms with van der Waals surface area (Å²) < 4.78 is 4.96. The van der Waals surface area contributed by atoms with Gasteiger partial charge in [-0.2, -0.15) is 0 Å². The van der Waals surface area contributed by atoms with Gasteiger partial charge in [0.25, 0.3) is 0 Å². The highest BCUT2D eigenvalue weighted by Gasteiger charge is 2.59. The molecule has 0 aromatic carbocycles. The maximum atomic E-state index is 12.1. The summed E-state index contributed by atoms with van der Waals surface area (Å²) in [6.07, 6.45) is 6.32. The minimum Gasteiger partial charge on any atom is -0.469 e. The number of methoxy groups -OCH3 is 1. The van der Waals surface area contributed by atoms with Gasteiger partial charge in [-0.25, -0.2) is 0 Å². The Kier molecular flexibility index (Phi) is 2.99. The zero-order valence-electron chi connectivity index (χ0n) is 10.3. The van der Waals surface area contributed by atoms with Crippen LogP contribution in [0.1, 0.15) is 51.9 Å². The Bertz CT molecular complexity index is 283. The number of hydrogen-bond donors (Lipinski definition) is 1. The predicted molar refractivity (Wildman–Crippen MR) is 60.9 cm³/mol. The van der Waals surface area contributed by atoms with Crippen LogP contribution in [0, 0.1) is 11.3 Å². The number of carbonyl (C=O) groups is 1. The molecule has 0 aromatic heterocycles. The van der Waals surface area contributed by atoms with Crippen molar-refractivity contribution in [1.82, 2.24) is 0 Å². The smallest absolute Gasteiger partial charge is 0.314 e. The minimum atomic E-state index is -0.783. The lowest BCUT2D eigenvalue weighted by Gasteiger charge is -2.53. The van der Waals surface area contributed by atoms with Gasteiger partial charge in [0, 0.05) is 0 Å². The third kappa shape index (κ3) is 1.56. The first-order chi connectivity index (χ1) is 7.54. The lowest BCUT2D eigenvalue weighted by molar-refractivity contribution is -0.197. The van der Waals surface area contributed by atoms with Crippen LogP contribution >= 0.6 is 0 Å². The van der Waals surface area contributed by atoms with E-state index in [0.29, 0.717) is 5.92 Å². The monoisotopic (exact) mass is 226 g/mol. The van der Waals surface area contributed by atoms with Gasteiger partial charge in [-0.05, 0) is 38.0 Å². The van der Waals surface area contributed by atoms with Gasteiger partial charge in [0.1, 0.15) is 0 Å². The summed E-state index contributed by atoms with van der Waals surface area (Å²) in [5, 5.41) is 10.6. The molecule has 2 saturated carbocycles. The van der Waals surface area contributed by atoms with Crippen LogP contribution in [-0.4, -0.2) is 23.8 Å². The van der Waals surface area contributed by atoms with Gasteiger partial charge in [-0.3, -0.25) is 4.79 Å². The zero-order chi connectivity index (χ0) is 11.8. The fourth-order valence-electron chi connectivity index (χ4n) is 3.53. The molecule has 2 aliphatic rings. The van der Waals surface area contributed by atoms with Crippen LogP contribution in [0.25, 0.3) is 0 Å². The van der Waals surface area contributed by atoms with E-state index in [2.05, 4.69) is 6.92 Å². The van der Waals surface area contributed by atoms with E-state index in [1.165, 1.54) is 7.11 Å². The molecule has 3 nitrogen and oxygen atoms in total. The fraction of sp³-hybridized carbons (Fsp3) is 0.923. The quantitative estimate of drug-likeness (QED) is 0.735. The maximum Gasteiger partial charge on any atom is 0.314 e. The predicted octanol–water partition coefficient (Wildman–Crippen LogP) is 2.27. The molecule has 0 spiro atoms. The Morgan fingerprint density at radius 3 is 2.44 bits per heavy atom. The third-order valence-corrected chi connectivity index (χ3v) is 4.65. The summed E-state index contributed by atoms with van der Waals surface area (Å²) >= 11 is 0. The van der Waals surface area contributed by atoms with Gasteiger partial charge < -0.3 is 9.84 Å². The maximum absolute atomic E-state index is 12.1. The second-order valence-electron chi connectivity index (χ2n) is 5.66. The van der Waals surface area contributed by atoms with E-state index in [-0.39, 0.29) is 5.97 Å². The number of rotatable bonds is 2. The Hall–Kier alpha value is -0.570. The highest BCUT2D eigenvalue weighted by Crippen LogP contribution is 2.55. The summed E-state index contributed by atoms with van der Waals surface area (Å²) in [7, 11) is 1.44. The number of ether oxygens (including phenoxy) is 1. The molecule has 0 saturated heterocycles. The second kappa shape index (κ2) is 4.02. The van der Waals surface area contributed by atoms with Crippen LogP contribution in [0.5, 0.6) is 0 Å². The van der Waals surface area contributed by atoms with Gasteiger partial charge >= 0.3 is 5.97 Å². The first-order valence-electron chi connectivity index (χ1n) is 6.35. The molecule has 3 heteroatoms. The van der Waals surface area contributed by atoms with Gasteiger partial charge in [0.2, 0.25) is 0 Å². The summed E-state index contributed by atoms with van der Waals surface area (Å²) in [5.41, 5.74) is -1.40. The van der Waals surface area contributed by atoms with E-state index in [9.17, 15) is 9.90 Å². The average molecular weight is 226 g/mol. The standard InChI is InChI=1S/C13H22O3/c1-10-5-3-6-12(9-10,11(14)16-2)13(15)7-4-8-13/h10,15H,3-9H2,1-2H3. The zero-order valence-corrected chi connectivity index (χ0v) is 10.3. The molecule has 2 rings (SSSR count). The first kappa shape index (κ1) is 11.9. The van der Waals surface area contributed by atoms with Crippen molar-refractivity contribution in [2.75, 3.05) is 7.11 Å². The molecule has 0 bridgehead atoms. The van der Waals surface area contributed by atoms with Gasteiger partial charge in [-0.1, -0.05) is 19.8 Å². The highest BCUT2D eigenvalue weighted by molar-refractivity contribution is 5.78. The number of aliphatic hydroxyl groups is 1. The Morgan fingerprint density at radius 2 is 2.00 bits per heavy atom. The van der Waals surface area contributed by atoms with Crippen molar-refractivity contribution in [3.63, 3.8) is 0 Å². The molecule has 2 unspecified atom stereocenters. The molecule has 1 N–H and O–H groups in total. The van der Waals surface area contributed by atoms with Crippen LogP contribution < -0.4 is 0 Å². The second-order valence-corrected chi connectivity index (χ2v) is 5.66. The van der Waals surface area contributed by atoms with E-state index in [0.717, 1.165) is 44.9 Å². The summed E-state index contributed by atoms with van der Waals surface area (Å²) in [4.78, 5) is 12.1. The third-order valence-electron chi connectivity index (χ3n) is 4.65. The topological polar surface area (TPSA) is 46.5 Å². The number of carbonyl (C=O) groups excluding carboxylic acids is 1. The van der Waals surface area contributed by atoms with Crippen molar-refractivity contribution >= 4 is 5.97 Å². The molecule has 16 heavy (non-hydrogen) atoms. The Balaban J connectivity index is 2.28. The fourth-order valence-corrected chi connectivity index (χ4v) is 3.53. The lowest BCUT2D eigenvalue weighted by atomic mass is 9.54. The SMILES string of the molecule is COC(=O)C1(C2(O)CCC2)CCCC(C)C1. The van der Waals surface area contributed by atoms with Crippen LogP contribution in [0.2, 0.25) is 0 Å². The normalized spacial score (nSPS) is 37.6. The molecule has 0 aromatic rings. The van der Waals surface area contributed by atoms with Crippen molar-refractivity contribution in [2.45, 2.75) is 57.5 Å². The van der Waals surface area contributed by atoms with E-state index >= 15 is 0 Å². The Labute approximate surface area is 97.2 Å². The Morgan fingerprint density at radius 1 is 1.31 bits per heavy atom. The lowest BCUT2D eigenvalue weighted by Crippen LogP contribution is -2.59. The number of esters is 1. The molecular weight excluding hydrogens is 204 g/mol. The minimum absolute atomic E-state index is 0.193. The van der Waals surface area contributed by atoms with E-state index < -0.39 is 11.0 Å². The summed E-state index contributed by atoms with van der Waals surface area (Å²) in [6.45, 7) is 2.17. The first-order valence-corrected chi connectivity index (χ1v) is 6.35. The molecule has 92 valence electrons. The van der Waals surface area contributed by atoms with Crippen molar-refractivity contribution in [3.8, 4) is 0 Å². The van der Waals surface area contributed by atoms with Crippen molar-refractivity contribution in [1.29, 1.82) is 0 Å². The van der Waals surface area contributed by atoms with E-state index in [1.807, 2.05) is 0 Å². The molecule has 0 aliphatic heterocycles. The van der Waals surface area contributed by atoms with Gasteiger partial charge in [0.15, 0.2) is 0 Å². The molecule has 0 radical (unpaired) electrons. The van der Waals surface area contributed by atoms with Crippen molar-refractivity contribution in [3.05, 3.63) is 0 Å². The number of hydrogen-bond acceptors (Lipinski definition) is 3. The van der Waals surface area contributed by atoms with Crippen LogP contribution in [0.3, 0.4) is 0 Å². The average Bonchev–Trinajstić information content (AvgIpc) is 2.24. The van der Waals surface area contributed by atoms with Gasteiger partial charge in [0.05, 0.1) is 18.1 Å². The van der Waals surface area contributed by atoms with Crippen LogP contribution in [0.4, 0.5) is 0 Å². The molecule has 2 atom stereocenters. The van der Waals surface area contributed by atoms with Crippen LogP contribution in [-0.2, 0) is 9.53 Å². The molecule has 0 amide bonds. The largest absolute Gasteiger partial charge is 0.469 e. The highest BCUT2D eigenvalue weighted by atomic mass is 16.5. The van der Waals surface area contributed by atoms with Crippen molar-refractivity contribution < 1.29 is 14.6 Å². The van der Waals surface area contributed by atoms with E-state index in [4.69, 9.17) is 4.74 Å². The van der Waals surface area contributed by atoms with Gasteiger partial charge in [-0.15, -0.1) is 0 Å². The summed E-state index contributed by atoms with van der Waals surface area (Å²) in [6, 6.07) is 0. The molecule has 2 aliphatic carbocycles. The van der Waals surface area contributed by atoms with E-state index in [1.54, 1.807) is 0 Å². The molecule has 2 fully saturated rings. The molecule has 0 heterocycles. The summed E-state index contributed by atoms with van der Waals surface area (Å²) in [5.74, 6) is 0.318. The molecular formula is C13H22O3.